The van der Waals surface area contributed by atoms with E-state index in [0.29, 0.717) is 27.9 Å². The minimum absolute atomic E-state index is 0. The summed E-state index contributed by atoms with van der Waals surface area (Å²) in [6.45, 7) is 6.37. The number of aliphatic carboxylic acids is 1. The molecular formula is C28H25N2NaO4S. The Labute approximate surface area is 236 Å². The van der Waals surface area contributed by atoms with E-state index in [1.807, 2.05) is 24.3 Å². The molecule has 8 heteroatoms. The molecule has 4 rings (SSSR count). The van der Waals surface area contributed by atoms with Gasteiger partial charge in [0.2, 0.25) is 0 Å². The van der Waals surface area contributed by atoms with Crippen LogP contribution in [0.1, 0.15) is 47.8 Å². The zero-order valence-electron chi connectivity index (χ0n) is 21.0. The molecular weight excluding hydrogens is 483 g/mol. The maximum Gasteiger partial charge on any atom is 1.00 e. The topological polar surface area (TPSA) is 92.2 Å². The quantitative estimate of drug-likeness (QED) is 0.214. The molecule has 4 aromatic rings. The summed E-state index contributed by atoms with van der Waals surface area (Å²) >= 11 is 1.04. The van der Waals surface area contributed by atoms with Gasteiger partial charge in [-0.3, -0.25) is 4.79 Å². The van der Waals surface area contributed by atoms with Crippen LogP contribution in [0.4, 0.5) is 0 Å². The molecule has 0 N–H and O–H groups in total. The number of Topliss-reactive ketones (excluding diaryl/α,β-unsaturated/α-hetero) is 1. The predicted octanol–water partition coefficient (Wildman–Crippen LogP) is 1.63. The number of benzene rings is 3. The van der Waals surface area contributed by atoms with E-state index in [9.17, 15) is 14.7 Å². The average molecular weight is 509 g/mol. The van der Waals surface area contributed by atoms with Crippen molar-refractivity contribution in [3.05, 3.63) is 94.6 Å². The molecule has 0 unspecified atom stereocenters. The van der Waals surface area contributed by atoms with Gasteiger partial charge in [-0.25, -0.2) is 0 Å². The van der Waals surface area contributed by atoms with Gasteiger partial charge in [0.25, 0.3) is 0 Å². The Bertz CT molecular complexity index is 1420. The van der Waals surface area contributed by atoms with E-state index < -0.39 is 5.97 Å². The van der Waals surface area contributed by atoms with E-state index in [4.69, 9.17) is 4.74 Å². The number of ketones is 1. The van der Waals surface area contributed by atoms with Crippen LogP contribution >= 0.6 is 11.7 Å². The molecule has 0 amide bonds. The first-order valence-corrected chi connectivity index (χ1v) is 11.9. The normalized spacial score (nSPS) is 12.0. The summed E-state index contributed by atoms with van der Waals surface area (Å²) in [6, 6.07) is 19.5. The molecule has 178 valence electrons. The Morgan fingerprint density at radius 1 is 0.889 bits per heavy atom. The summed E-state index contributed by atoms with van der Waals surface area (Å²) in [5.74, 6) is -1.20. The summed E-state index contributed by atoms with van der Waals surface area (Å²) < 4.78 is 13.6. The van der Waals surface area contributed by atoms with Crippen LogP contribution in [0.5, 0.6) is 5.75 Å². The summed E-state index contributed by atoms with van der Waals surface area (Å²) in [5, 5.41) is 12.5. The van der Waals surface area contributed by atoms with Crippen molar-refractivity contribution < 1.29 is 49.0 Å². The third-order valence-electron chi connectivity index (χ3n) is 5.88. The van der Waals surface area contributed by atoms with Crippen molar-refractivity contribution >= 4 is 40.1 Å². The number of hydrogen-bond acceptors (Lipinski definition) is 7. The molecule has 0 bridgehead atoms. The summed E-state index contributed by atoms with van der Waals surface area (Å²) in [5.41, 5.74) is 3.88. The van der Waals surface area contributed by atoms with Gasteiger partial charge in [-0.2, -0.15) is 8.75 Å². The minimum Gasteiger partial charge on any atom is -0.545 e. The fourth-order valence-corrected chi connectivity index (χ4v) is 4.40. The van der Waals surface area contributed by atoms with Gasteiger partial charge in [-0.15, -0.1) is 0 Å². The second kappa shape index (κ2) is 11.5. The van der Waals surface area contributed by atoms with Crippen LogP contribution < -0.4 is 39.4 Å². The van der Waals surface area contributed by atoms with Crippen LogP contribution in [0.3, 0.4) is 0 Å². The van der Waals surface area contributed by atoms with Gasteiger partial charge in [-0.1, -0.05) is 51.1 Å². The van der Waals surface area contributed by atoms with Crippen LogP contribution in [-0.2, 0) is 16.6 Å². The zero-order valence-corrected chi connectivity index (χ0v) is 23.8. The molecule has 0 radical (unpaired) electrons. The largest absolute Gasteiger partial charge is 1.00 e. The molecule has 6 nitrogen and oxygen atoms in total. The van der Waals surface area contributed by atoms with E-state index in [1.165, 1.54) is 0 Å². The van der Waals surface area contributed by atoms with Crippen molar-refractivity contribution in [1.29, 1.82) is 0 Å². The van der Waals surface area contributed by atoms with Gasteiger partial charge in [0.05, 0.1) is 24.8 Å². The molecule has 3 aromatic carbocycles. The number of rotatable bonds is 7. The number of carbonyl (C=O) groups is 2. The molecule has 0 aliphatic heterocycles. The first-order chi connectivity index (χ1) is 16.7. The van der Waals surface area contributed by atoms with Crippen molar-refractivity contribution in [2.24, 2.45) is 0 Å². The Kier molecular flexibility index (Phi) is 8.84. The second-order valence-electron chi connectivity index (χ2n) is 9.29. The molecule has 1 heterocycles. The molecule has 0 atom stereocenters. The van der Waals surface area contributed by atoms with Gasteiger partial charge in [-0.05, 0) is 58.5 Å². The minimum atomic E-state index is -1.42. The molecule has 0 saturated heterocycles. The van der Waals surface area contributed by atoms with Crippen LogP contribution in [0, 0.1) is 0 Å². The molecule has 1 aromatic heterocycles. The Hall–Kier alpha value is -2.84. The third-order valence-corrected chi connectivity index (χ3v) is 6.43. The summed E-state index contributed by atoms with van der Waals surface area (Å²) in [4.78, 5) is 26.1. The number of carboxylic acids is 1. The number of hydrogen-bond donors (Lipinski definition) is 0. The van der Waals surface area contributed by atoms with E-state index in [1.54, 1.807) is 49.6 Å². The van der Waals surface area contributed by atoms with Gasteiger partial charge in [0, 0.05) is 23.1 Å². The van der Waals surface area contributed by atoms with Gasteiger partial charge < -0.3 is 14.6 Å². The van der Waals surface area contributed by atoms with Crippen molar-refractivity contribution in [3.8, 4) is 5.75 Å². The van der Waals surface area contributed by atoms with E-state index in [-0.39, 0.29) is 58.3 Å². The van der Waals surface area contributed by atoms with Crippen LogP contribution in [0.2, 0.25) is 0 Å². The molecule has 0 fully saturated rings. The fraction of sp³-hybridized carbons (Fsp3) is 0.214. The van der Waals surface area contributed by atoms with E-state index in [0.717, 1.165) is 22.9 Å². The van der Waals surface area contributed by atoms with E-state index >= 15 is 0 Å². The van der Waals surface area contributed by atoms with Crippen molar-refractivity contribution in [2.45, 2.75) is 32.6 Å². The second-order valence-corrected chi connectivity index (χ2v) is 9.82. The Balaban J connectivity index is 0.00000361. The SMILES string of the molecule is COc1ccc(C(=O)/C(Cc2ccc(C(C)(C)C)cc2)=C(/C(=O)[O-])c2ccc3nsnc3c2)cc1.[Na+]. The van der Waals surface area contributed by atoms with Gasteiger partial charge in [0.1, 0.15) is 16.8 Å². The number of carbonyl (C=O) groups excluding carboxylic acids is 2. The number of methoxy groups -OCH3 is 1. The number of allylic oxidation sites excluding steroid dienone is 1. The molecule has 0 aliphatic carbocycles. The monoisotopic (exact) mass is 508 g/mol. The molecule has 0 spiro atoms. The zero-order chi connectivity index (χ0) is 25.2. The maximum absolute atomic E-state index is 13.7. The van der Waals surface area contributed by atoms with Gasteiger partial charge in [0.15, 0.2) is 5.78 Å². The standard InChI is InChI=1S/C28H26N2O4S.Na/c1-28(2,3)20-10-5-17(6-11-20)15-22(26(31)18-7-12-21(34-4)13-8-18)25(27(32)33)19-9-14-23-24(16-19)30-35-29-23;/h5-14,16H,15H2,1-4H3,(H,32,33);/q;+1/p-1/b25-22+;. The first kappa shape index (κ1) is 27.7. The van der Waals surface area contributed by atoms with Crippen molar-refractivity contribution in [2.75, 3.05) is 7.11 Å². The fourth-order valence-electron chi connectivity index (χ4n) is 3.88. The number of aromatic nitrogens is 2. The average Bonchev–Trinajstić information content (AvgIpc) is 3.31. The Morgan fingerprint density at radius 2 is 1.50 bits per heavy atom. The van der Waals surface area contributed by atoms with Crippen molar-refractivity contribution in [1.82, 2.24) is 8.75 Å². The number of fused-ring (bicyclic) bond motifs is 1. The number of carboxylic acid groups (broad SMARTS) is 1. The summed E-state index contributed by atoms with van der Waals surface area (Å²) in [7, 11) is 1.54. The van der Waals surface area contributed by atoms with Crippen LogP contribution in [0.25, 0.3) is 16.6 Å². The van der Waals surface area contributed by atoms with Crippen LogP contribution in [0.15, 0.2) is 72.3 Å². The first-order valence-electron chi connectivity index (χ1n) is 11.1. The molecule has 0 aliphatic rings. The van der Waals surface area contributed by atoms with E-state index in [2.05, 4.69) is 29.5 Å². The third kappa shape index (κ3) is 6.10. The predicted molar refractivity (Wildman–Crippen MR) is 136 cm³/mol. The number of ether oxygens (including phenoxy) is 1. The smallest absolute Gasteiger partial charge is 0.545 e. The molecule has 36 heavy (non-hydrogen) atoms. The van der Waals surface area contributed by atoms with Gasteiger partial charge >= 0.3 is 29.6 Å². The Morgan fingerprint density at radius 3 is 2.08 bits per heavy atom. The number of nitrogens with zero attached hydrogens (tertiary/aromatic N) is 2. The molecule has 0 saturated carbocycles. The summed E-state index contributed by atoms with van der Waals surface area (Å²) in [6.07, 6.45) is 0.131. The van der Waals surface area contributed by atoms with Crippen molar-refractivity contribution in [3.63, 3.8) is 0 Å². The maximum atomic E-state index is 13.7. The van der Waals surface area contributed by atoms with Crippen LogP contribution in [-0.4, -0.2) is 27.6 Å².